The monoisotopic (exact) mass is 656 g/mol. The first-order valence-corrected chi connectivity index (χ1v) is 25.1. The van der Waals surface area contributed by atoms with Crippen LogP contribution < -0.4 is 10.4 Å². The van der Waals surface area contributed by atoms with Gasteiger partial charge in [-0.1, -0.05) is 36.1 Å². The van der Waals surface area contributed by atoms with E-state index in [9.17, 15) is 0 Å². The molecule has 0 unspecified atom stereocenters. The number of hydrogen-bond acceptors (Lipinski definition) is 0. The number of benzene rings is 4. The topological polar surface area (TPSA) is 0 Å². The van der Waals surface area contributed by atoms with Crippen LogP contribution in [0.25, 0.3) is 21.5 Å². The first kappa shape index (κ1) is 30.7. The van der Waals surface area contributed by atoms with Crippen molar-refractivity contribution in [2.24, 2.45) is 0 Å². The van der Waals surface area contributed by atoms with E-state index in [0.29, 0.717) is 0 Å². The van der Waals surface area contributed by atoms with Crippen molar-refractivity contribution in [2.45, 2.75) is 41.5 Å². The molecule has 0 spiro atoms. The van der Waals surface area contributed by atoms with Crippen molar-refractivity contribution in [3.63, 3.8) is 0 Å². The number of fused-ring (bicyclic) bond motifs is 2. The molecule has 0 saturated heterocycles. The number of rotatable bonds is 2. The van der Waals surface area contributed by atoms with E-state index in [1.807, 2.05) is 12.1 Å². The van der Waals surface area contributed by atoms with Crippen LogP contribution in [0.5, 0.6) is 0 Å². The summed E-state index contributed by atoms with van der Waals surface area (Å²) in [5, 5.41) is 8.15. The second-order valence-corrected chi connectivity index (χ2v) is 29.8. The van der Waals surface area contributed by atoms with Crippen LogP contribution in [-0.4, -0.2) is 5.43 Å². The normalized spacial score (nSPS) is 10.5. The Labute approximate surface area is 254 Å². The molecule has 204 valence electrons. The molecule has 0 aliphatic heterocycles. The Hall–Kier alpha value is -2.22. The van der Waals surface area contributed by atoms with Gasteiger partial charge in [0.25, 0.3) is 0 Å². The van der Waals surface area contributed by atoms with Crippen molar-refractivity contribution in [3.05, 3.63) is 143 Å². The van der Waals surface area contributed by atoms with Gasteiger partial charge in [0.05, 0.1) is 0 Å². The van der Waals surface area contributed by atoms with Gasteiger partial charge >= 0.3 is 111 Å². The zero-order chi connectivity index (χ0) is 28.8. The molecule has 0 saturated carbocycles. The van der Waals surface area contributed by atoms with Crippen molar-refractivity contribution in [1.82, 2.24) is 0 Å². The van der Waals surface area contributed by atoms with Crippen LogP contribution >= 0.6 is 17.0 Å². The summed E-state index contributed by atoms with van der Waals surface area (Å²) in [6.07, 6.45) is 0. The average molecular weight is 659 g/mol. The Balaban J connectivity index is 0.000000141. The van der Waals surface area contributed by atoms with Crippen LogP contribution in [0.2, 0.25) is 0 Å². The minimum atomic E-state index is -2.26. The van der Waals surface area contributed by atoms with Gasteiger partial charge < -0.3 is 0 Å². The van der Waals surface area contributed by atoms with Crippen LogP contribution in [0.3, 0.4) is 0 Å². The molecular formula is C36H36Cl2SiZr-2. The molecule has 0 aromatic heterocycles. The second kappa shape index (κ2) is 14.1. The fourth-order valence-electron chi connectivity index (χ4n) is 4.88. The van der Waals surface area contributed by atoms with E-state index in [2.05, 4.69) is 139 Å². The summed E-state index contributed by atoms with van der Waals surface area (Å²) >= 11 is -2.26. The number of halogens is 2. The summed E-state index contributed by atoms with van der Waals surface area (Å²) in [5.74, 6) is 0. The molecule has 0 amide bonds. The van der Waals surface area contributed by atoms with Crippen molar-refractivity contribution in [1.29, 1.82) is 0 Å². The van der Waals surface area contributed by atoms with Crippen LogP contribution in [0.4, 0.5) is 0 Å². The molecule has 6 aromatic carbocycles. The molecule has 0 aliphatic carbocycles. The summed E-state index contributed by atoms with van der Waals surface area (Å²) in [4.78, 5) is 0. The van der Waals surface area contributed by atoms with Gasteiger partial charge in [-0.15, -0.1) is 69.1 Å². The van der Waals surface area contributed by atoms with Gasteiger partial charge in [-0.3, -0.25) is 0 Å². The Morgan fingerprint density at radius 1 is 0.500 bits per heavy atom. The Morgan fingerprint density at radius 2 is 0.850 bits per heavy atom. The fourth-order valence-corrected chi connectivity index (χ4v) is 20.1. The van der Waals surface area contributed by atoms with Crippen molar-refractivity contribution in [2.75, 3.05) is 0 Å². The Kier molecular flexibility index (Phi) is 10.8. The molecule has 0 aliphatic rings. The van der Waals surface area contributed by atoms with Crippen molar-refractivity contribution < 1.29 is 18.0 Å². The third kappa shape index (κ3) is 7.95. The summed E-state index contributed by atoms with van der Waals surface area (Å²) in [5.41, 5.74) is 7.35. The van der Waals surface area contributed by atoms with E-state index in [1.54, 1.807) is 0 Å². The first-order chi connectivity index (χ1) is 19.1. The molecular weight excluding hydrogens is 623 g/mol. The third-order valence-corrected chi connectivity index (χ3v) is 23.2. The second-order valence-electron chi connectivity index (χ2n) is 10.6. The maximum atomic E-state index is 6.32. The SMILES string of the molecule is Cc1cc2cc(C)c(C)cc2[cH-]1.Cc1cc2cc(C)c(C)cc2[cH-]1.[Cl][Zr]([Cl])=[Si](c1ccccc1)c1ccccc1. The molecule has 4 heteroatoms. The zero-order valence-corrected chi connectivity index (χ0v) is 29.1. The summed E-state index contributed by atoms with van der Waals surface area (Å²) in [7, 11) is 12.6. The molecule has 0 atom stereocenters. The molecule has 0 bridgehead atoms. The molecule has 0 fully saturated rings. The van der Waals surface area contributed by atoms with Crippen LogP contribution in [0.1, 0.15) is 33.4 Å². The van der Waals surface area contributed by atoms with Gasteiger partial charge in [0.15, 0.2) is 0 Å². The number of hydrogen-bond donors (Lipinski definition) is 0. The standard InChI is InChI=1S/C12H10Si.2C12H13.2ClH.Zr/c1-3-7-11(8-4-1)13-12-9-5-2-6-10-12;2*1-8-4-11-6-9(2)10(3)7-12(11)5-8;;;/h1-10H;2*4-7H,1-3H3;2*1H;/q;2*-1;;;+2/p-2. The van der Waals surface area contributed by atoms with Crippen LogP contribution in [0.15, 0.2) is 109 Å². The van der Waals surface area contributed by atoms with Crippen LogP contribution in [-0.2, 0) is 18.0 Å². The van der Waals surface area contributed by atoms with E-state index in [0.717, 1.165) is 0 Å². The molecule has 0 nitrogen and oxygen atoms in total. The van der Waals surface area contributed by atoms with Gasteiger partial charge in [-0.05, 0) is 27.7 Å². The molecule has 0 N–H and O–H groups in total. The molecule has 0 heterocycles. The zero-order valence-electron chi connectivity index (χ0n) is 24.1. The Bertz CT molecular complexity index is 1550. The predicted molar refractivity (Wildman–Crippen MR) is 177 cm³/mol. The first-order valence-electron chi connectivity index (χ1n) is 13.6. The molecule has 6 rings (SSSR count). The van der Waals surface area contributed by atoms with Crippen molar-refractivity contribution in [3.8, 4) is 0 Å². The van der Waals surface area contributed by atoms with Gasteiger partial charge in [0.1, 0.15) is 0 Å². The molecule has 0 radical (unpaired) electrons. The van der Waals surface area contributed by atoms with E-state index in [-0.39, 0.29) is 0 Å². The van der Waals surface area contributed by atoms with Gasteiger partial charge in [0, 0.05) is 0 Å². The summed E-state index contributed by atoms with van der Waals surface area (Å²) in [6.45, 7) is 12.9. The van der Waals surface area contributed by atoms with Gasteiger partial charge in [-0.2, -0.15) is 12.1 Å². The quantitative estimate of drug-likeness (QED) is 0.128. The summed E-state index contributed by atoms with van der Waals surface area (Å²) in [6, 6.07) is 38.9. The molecule has 6 aromatic rings. The van der Waals surface area contributed by atoms with Gasteiger partial charge in [-0.25, -0.2) is 0 Å². The predicted octanol–water partition coefficient (Wildman–Crippen LogP) is 9.69. The van der Waals surface area contributed by atoms with Gasteiger partial charge in [0.2, 0.25) is 0 Å². The van der Waals surface area contributed by atoms with E-state index < -0.39 is 23.4 Å². The van der Waals surface area contributed by atoms with Crippen molar-refractivity contribution >= 4 is 54.4 Å². The minimum absolute atomic E-state index is 0.889. The van der Waals surface area contributed by atoms with E-state index in [4.69, 9.17) is 17.0 Å². The summed E-state index contributed by atoms with van der Waals surface area (Å²) < 4.78 is 0. The van der Waals surface area contributed by atoms with E-state index in [1.165, 1.54) is 65.3 Å². The fraction of sp³-hybridized carbons (Fsp3) is 0.167. The Morgan fingerprint density at radius 3 is 1.20 bits per heavy atom. The maximum absolute atomic E-state index is 6.32. The molecule has 40 heavy (non-hydrogen) atoms. The third-order valence-electron chi connectivity index (χ3n) is 7.25. The van der Waals surface area contributed by atoms with Crippen LogP contribution in [0, 0.1) is 41.5 Å². The van der Waals surface area contributed by atoms with E-state index >= 15 is 0 Å². The average Bonchev–Trinajstić information content (AvgIpc) is 3.46. The number of aryl methyl sites for hydroxylation is 6.